The molecule has 0 aliphatic carbocycles. The summed E-state index contributed by atoms with van der Waals surface area (Å²) in [5.41, 5.74) is 1.42. The second kappa shape index (κ2) is 11.4. The van der Waals surface area contributed by atoms with E-state index in [1.807, 2.05) is 13.8 Å². The number of nitrogens with one attached hydrogen (secondary N) is 2. The van der Waals surface area contributed by atoms with E-state index in [0.29, 0.717) is 30.3 Å². The Balaban J connectivity index is 0.00000484. The predicted octanol–water partition coefficient (Wildman–Crippen LogP) is 2.39. The lowest BCUT2D eigenvalue weighted by molar-refractivity contribution is -0.115. The Hall–Kier alpha value is -1.15. The van der Waals surface area contributed by atoms with Crippen molar-refractivity contribution in [3.63, 3.8) is 0 Å². The zero-order valence-electron chi connectivity index (χ0n) is 14.0. The second-order valence-corrected chi connectivity index (χ2v) is 5.86. The molecule has 0 spiro atoms. The Morgan fingerprint density at radius 3 is 2.52 bits per heavy atom. The number of amides is 1. The topological polar surface area (TPSA) is 76.7 Å². The van der Waals surface area contributed by atoms with Crippen LogP contribution in [0.2, 0.25) is 0 Å². The van der Waals surface area contributed by atoms with E-state index in [9.17, 15) is 9.59 Å². The lowest BCUT2D eigenvalue weighted by atomic mass is 10.1. The van der Waals surface area contributed by atoms with Crippen molar-refractivity contribution in [2.45, 2.75) is 27.2 Å². The molecule has 0 aromatic carbocycles. The van der Waals surface area contributed by atoms with Crippen LogP contribution in [0, 0.1) is 6.92 Å². The Bertz CT molecular complexity index is 520. The SMILES string of the molecule is CCOC(=O)c1c(NC(=O)CNCCOC)sc(C)c1CC.Cl. The molecule has 132 valence electrons. The summed E-state index contributed by atoms with van der Waals surface area (Å²) >= 11 is 1.41. The molecule has 1 amide bonds. The van der Waals surface area contributed by atoms with Gasteiger partial charge in [0.05, 0.1) is 25.3 Å². The van der Waals surface area contributed by atoms with Gasteiger partial charge in [-0.05, 0) is 25.8 Å². The van der Waals surface area contributed by atoms with Crippen LogP contribution >= 0.6 is 23.7 Å². The first-order valence-electron chi connectivity index (χ1n) is 7.33. The summed E-state index contributed by atoms with van der Waals surface area (Å²) in [4.78, 5) is 25.1. The number of methoxy groups -OCH3 is 1. The predicted molar refractivity (Wildman–Crippen MR) is 95.0 cm³/mol. The van der Waals surface area contributed by atoms with Gasteiger partial charge in [-0.3, -0.25) is 4.79 Å². The van der Waals surface area contributed by atoms with Gasteiger partial charge in [0.15, 0.2) is 0 Å². The van der Waals surface area contributed by atoms with E-state index in [1.165, 1.54) is 11.3 Å². The molecule has 1 aromatic rings. The van der Waals surface area contributed by atoms with Gasteiger partial charge in [-0.15, -0.1) is 23.7 Å². The Morgan fingerprint density at radius 2 is 1.96 bits per heavy atom. The molecule has 0 fully saturated rings. The van der Waals surface area contributed by atoms with Crippen molar-refractivity contribution >= 4 is 40.6 Å². The molecule has 1 rings (SSSR count). The normalized spacial score (nSPS) is 10.1. The number of rotatable bonds is 9. The molecule has 0 bridgehead atoms. The van der Waals surface area contributed by atoms with Gasteiger partial charge in [0.25, 0.3) is 0 Å². The molecule has 0 saturated heterocycles. The largest absolute Gasteiger partial charge is 0.462 e. The van der Waals surface area contributed by atoms with Crippen LogP contribution in [-0.4, -0.2) is 45.3 Å². The monoisotopic (exact) mass is 364 g/mol. The molecule has 8 heteroatoms. The summed E-state index contributed by atoms with van der Waals surface area (Å²) in [6, 6.07) is 0. The fourth-order valence-electron chi connectivity index (χ4n) is 2.06. The van der Waals surface area contributed by atoms with E-state index in [2.05, 4.69) is 10.6 Å². The molecule has 1 heterocycles. The molecule has 0 saturated carbocycles. The van der Waals surface area contributed by atoms with Crippen LogP contribution in [0.5, 0.6) is 0 Å². The van der Waals surface area contributed by atoms with E-state index >= 15 is 0 Å². The second-order valence-electron chi connectivity index (χ2n) is 4.63. The first-order chi connectivity index (χ1) is 10.5. The van der Waals surface area contributed by atoms with Gasteiger partial charge in [0.2, 0.25) is 5.91 Å². The minimum absolute atomic E-state index is 0. The molecular weight excluding hydrogens is 340 g/mol. The molecule has 0 radical (unpaired) electrons. The molecule has 0 unspecified atom stereocenters. The highest BCUT2D eigenvalue weighted by Crippen LogP contribution is 2.34. The first-order valence-corrected chi connectivity index (χ1v) is 8.15. The van der Waals surface area contributed by atoms with E-state index in [1.54, 1.807) is 14.0 Å². The number of aryl methyl sites for hydroxylation is 1. The number of anilines is 1. The average Bonchev–Trinajstić information content (AvgIpc) is 2.79. The molecule has 0 atom stereocenters. The number of carbonyl (C=O) groups is 2. The van der Waals surface area contributed by atoms with Crippen LogP contribution in [0.15, 0.2) is 0 Å². The van der Waals surface area contributed by atoms with Crippen molar-refractivity contribution in [2.75, 3.05) is 38.7 Å². The van der Waals surface area contributed by atoms with Crippen molar-refractivity contribution < 1.29 is 19.1 Å². The van der Waals surface area contributed by atoms with E-state index in [0.717, 1.165) is 16.9 Å². The van der Waals surface area contributed by atoms with E-state index in [-0.39, 0.29) is 30.8 Å². The zero-order valence-corrected chi connectivity index (χ0v) is 15.6. The Labute approximate surface area is 147 Å². The number of hydrogen-bond donors (Lipinski definition) is 2. The highest BCUT2D eigenvalue weighted by atomic mass is 35.5. The average molecular weight is 365 g/mol. The van der Waals surface area contributed by atoms with Crippen LogP contribution in [0.3, 0.4) is 0 Å². The first kappa shape index (κ1) is 21.9. The highest BCUT2D eigenvalue weighted by molar-refractivity contribution is 7.16. The third kappa shape index (κ3) is 6.47. The van der Waals surface area contributed by atoms with Crippen molar-refractivity contribution in [1.29, 1.82) is 0 Å². The number of carbonyl (C=O) groups excluding carboxylic acids is 2. The van der Waals surface area contributed by atoms with Crippen molar-refractivity contribution in [2.24, 2.45) is 0 Å². The van der Waals surface area contributed by atoms with Crippen LogP contribution in [0.1, 0.15) is 34.6 Å². The molecule has 23 heavy (non-hydrogen) atoms. The van der Waals surface area contributed by atoms with Gasteiger partial charge in [0, 0.05) is 18.5 Å². The fraction of sp³-hybridized carbons (Fsp3) is 0.600. The maximum atomic E-state index is 12.1. The smallest absolute Gasteiger partial charge is 0.341 e. The Kier molecular flexibility index (Phi) is 10.8. The minimum atomic E-state index is -0.383. The third-order valence-corrected chi connectivity index (χ3v) is 4.13. The van der Waals surface area contributed by atoms with Crippen LogP contribution in [0.25, 0.3) is 0 Å². The summed E-state index contributed by atoms with van der Waals surface area (Å²) in [6.45, 7) is 7.31. The van der Waals surface area contributed by atoms with Gasteiger partial charge < -0.3 is 20.1 Å². The molecule has 0 aliphatic rings. The van der Waals surface area contributed by atoms with Gasteiger partial charge in [-0.2, -0.15) is 0 Å². The Morgan fingerprint density at radius 1 is 1.26 bits per heavy atom. The van der Waals surface area contributed by atoms with Crippen LogP contribution in [-0.2, 0) is 20.7 Å². The molecular formula is C15H25ClN2O4S. The molecule has 2 N–H and O–H groups in total. The van der Waals surface area contributed by atoms with E-state index in [4.69, 9.17) is 9.47 Å². The standard InChI is InChI=1S/C15H24N2O4S.ClH/c1-5-11-10(3)22-14(13(11)15(19)21-6-2)17-12(18)9-16-7-8-20-4;/h16H,5-9H2,1-4H3,(H,17,18);1H. The van der Waals surface area contributed by atoms with Crippen molar-refractivity contribution in [3.8, 4) is 0 Å². The zero-order chi connectivity index (χ0) is 16.5. The van der Waals surface area contributed by atoms with Gasteiger partial charge in [-0.25, -0.2) is 4.79 Å². The van der Waals surface area contributed by atoms with Crippen molar-refractivity contribution in [1.82, 2.24) is 5.32 Å². The summed E-state index contributed by atoms with van der Waals surface area (Å²) in [5.74, 6) is -0.572. The van der Waals surface area contributed by atoms with Gasteiger partial charge in [0.1, 0.15) is 5.00 Å². The molecule has 6 nitrogen and oxygen atoms in total. The maximum Gasteiger partial charge on any atom is 0.341 e. The summed E-state index contributed by atoms with van der Waals surface area (Å²) in [6.07, 6.45) is 0.721. The summed E-state index contributed by atoms with van der Waals surface area (Å²) < 4.78 is 10.0. The maximum absolute atomic E-state index is 12.1. The number of ether oxygens (including phenoxy) is 2. The minimum Gasteiger partial charge on any atom is -0.462 e. The van der Waals surface area contributed by atoms with Crippen LogP contribution in [0.4, 0.5) is 5.00 Å². The molecule has 0 aliphatic heterocycles. The van der Waals surface area contributed by atoms with Crippen LogP contribution < -0.4 is 10.6 Å². The number of esters is 1. The number of hydrogen-bond acceptors (Lipinski definition) is 6. The highest BCUT2D eigenvalue weighted by Gasteiger charge is 2.23. The lowest BCUT2D eigenvalue weighted by Crippen LogP contribution is -2.30. The van der Waals surface area contributed by atoms with E-state index < -0.39 is 0 Å². The van der Waals surface area contributed by atoms with Crippen molar-refractivity contribution in [3.05, 3.63) is 16.0 Å². The third-order valence-electron chi connectivity index (χ3n) is 3.06. The number of halogens is 1. The molecule has 1 aromatic heterocycles. The fourth-order valence-corrected chi connectivity index (χ4v) is 3.21. The summed E-state index contributed by atoms with van der Waals surface area (Å²) in [7, 11) is 1.61. The van der Waals surface area contributed by atoms with Gasteiger partial charge >= 0.3 is 5.97 Å². The quantitative estimate of drug-likeness (QED) is 0.519. The summed E-state index contributed by atoms with van der Waals surface area (Å²) in [5, 5.41) is 6.33. The van der Waals surface area contributed by atoms with Gasteiger partial charge in [-0.1, -0.05) is 6.92 Å². The number of thiophene rings is 1. The lowest BCUT2D eigenvalue weighted by Gasteiger charge is -2.08.